The van der Waals surface area contributed by atoms with E-state index in [0.29, 0.717) is 6.54 Å². The molecule has 0 aliphatic carbocycles. The summed E-state index contributed by atoms with van der Waals surface area (Å²) in [7, 11) is 0. The summed E-state index contributed by atoms with van der Waals surface area (Å²) in [6, 6.07) is -0.314. The average molecular weight is 267 g/mol. The fourth-order valence-electron chi connectivity index (χ4n) is 2.02. The molecule has 1 atom stereocenters. The largest absolute Gasteiger partial charge is 0.379 e. The van der Waals surface area contributed by atoms with Crippen molar-refractivity contribution < 1.29 is 9.53 Å². The van der Waals surface area contributed by atoms with E-state index in [0.717, 1.165) is 39.3 Å². The molecule has 1 aliphatic heterocycles. The van der Waals surface area contributed by atoms with Gasteiger partial charge in [0.15, 0.2) is 0 Å². The van der Waals surface area contributed by atoms with E-state index in [4.69, 9.17) is 4.74 Å². The second-order valence-electron chi connectivity index (χ2n) is 4.65. The van der Waals surface area contributed by atoms with Crippen molar-refractivity contribution in [3.8, 4) is 0 Å². The topological polar surface area (TPSA) is 72.3 Å². The molecule has 0 spiro atoms. The van der Waals surface area contributed by atoms with Crippen LogP contribution in [0.5, 0.6) is 0 Å². The first-order valence-electron chi connectivity index (χ1n) is 6.69. The lowest BCUT2D eigenvalue weighted by Gasteiger charge is -2.26. The molecule has 7 nitrogen and oxygen atoms in total. The number of hydrogen-bond donors (Lipinski definition) is 1. The molecule has 7 heteroatoms. The van der Waals surface area contributed by atoms with E-state index in [1.807, 2.05) is 6.92 Å². The normalized spacial score (nSPS) is 18.2. The Morgan fingerprint density at radius 2 is 2.26 bits per heavy atom. The quantitative estimate of drug-likeness (QED) is 0.715. The van der Waals surface area contributed by atoms with Crippen molar-refractivity contribution in [2.75, 3.05) is 39.4 Å². The minimum atomic E-state index is -0.314. The van der Waals surface area contributed by atoms with Crippen LogP contribution in [0.1, 0.15) is 19.4 Å². The lowest BCUT2D eigenvalue weighted by atomic mass is 10.3. The van der Waals surface area contributed by atoms with Crippen molar-refractivity contribution in [1.82, 2.24) is 25.0 Å². The molecule has 0 radical (unpaired) electrons. The minimum absolute atomic E-state index is 0.0209. The van der Waals surface area contributed by atoms with E-state index >= 15 is 0 Å². The van der Waals surface area contributed by atoms with Crippen LogP contribution in [0.4, 0.5) is 0 Å². The number of aromatic nitrogens is 3. The van der Waals surface area contributed by atoms with Gasteiger partial charge in [0.2, 0.25) is 5.91 Å². The van der Waals surface area contributed by atoms with Crippen molar-refractivity contribution >= 4 is 5.91 Å². The Balaban J connectivity index is 1.61. The number of ether oxygens (including phenoxy) is 1. The first-order chi connectivity index (χ1) is 9.27. The van der Waals surface area contributed by atoms with E-state index < -0.39 is 0 Å². The molecule has 1 amide bonds. The third-order valence-corrected chi connectivity index (χ3v) is 3.27. The highest BCUT2D eigenvalue weighted by Crippen LogP contribution is 2.02. The van der Waals surface area contributed by atoms with Crippen LogP contribution in [0.2, 0.25) is 0 Å². The molecule has 0 unspecified atom stereocenters. The molecule has 1 N–H and O–H groups in total. The van der Waals surface area contributed by atoms with Crippen LogP contribution < -0.4 is 5.32 Å². The lowest BCUT2D eigenvalue weighted by molar-refractivity contribution is -0.124. The fourth-order valence-corrected chi connectivity index (χ4v) is 2.02. The van der Waals surface area contributed by atoms with Crippen LogP contribution >= 0.6 is 0 Å². The Morgan fingerprint density at radius 1 is 1.47 bits per heavy atom. The van der Waals surface area contributed by atoms with Crippen LogP contribution in [0.3, 0.4) is 0 Å². The van der Waals surface area contributed by atoms with Crippen LogP contribution in [0.15, 0.2) is 12.7 Å². The maximum Gasteiger partial charge on any atom is 0.244 e. The molecule has 1 aromatic rings. The van der Waals surface area contributed by atoms with E-state index in [-0.39, 0.29) is 11.9 Å². The molecule has 19 heavy (non-hydrogen) atoms. The number of morpholine rings is 1. The van der Waals surface area contributed by atoms with Gasteiger partial charge in [-0.3, -0.25) is 9.69 Å². The summed E-state index contributed by atoms with van der Waals surface area (Å²) in [6.45, 7) is 7.11. The van der Waals surface area contributed by atoms with Crippen LogP contribution in [0.25, 0.3) is 0 Å². The summed E-state index contributed by atoms with van der Waals surface area (Å²) >= 11 is 0. The Hall–Kier alpha value is -1.47. The van der Waals surface area contributed by atoms with Gasteiger partial charge < -0.3 is 10.1 Å². The molecule has 2 rings (SSSR count). The van der Waals surface area contributed by atoms with Crippen molar-refractivity contribution in [2.45, 2.75) is 19.4 Å². The first-order valence-corrected chi connectivity index (χ1v) is 6.69. The molecule has 1 aromatic heterocycles. The Labute approximate surface area is 112 Å². The van der Waals surface area contributed by atoms with E-state index in [2.05, 4.69) is 20.3 Å². The summed E-state index contributed by atoms with van der Waals surface area (Å²) < 4.78 is 6.84. The predicted octanol–water partition coefficient (Wildman–Crippen LogP) is -0.322. The minimum Gasteiger partial charge on any atom is -0.379 e. The van der Waals surface area contributed by atoms with Gasteiger partial charge in [0.05, 0.1) is 13.2 Å². The number of hydrogen-bond acceptors (Lipinski definition) is 5. The molecular weight excluding hydrogens is 246 g/mol. The highest BCUT2D eigenvalue weighted by Gasteiger charge is 2.15. The number of carbonyl (C=O) groups is 1. The summed E-state index contributed by atoms with van der Waals surface area (Å²) in [5, 5.41) is 6.89. The third kappa shape index (κ3) is 4.29. The number of nitrogens with one attached hydrogen (secondary N) is 1. The summed E-state index contributed by atoms with van der Waals surface area (Å²) in [5.74, 6) is -0.0209. The molecule has 1 aliphatic rings. The van der Waals surface area contributed by atoms with E-state index in [9.17, 15) is 4.79 Å². The second-order valence-corrected chi connectivity index (χ2v) is 4.65. The zero-order valence-electron chi connectivity index (χ0n) is 11.3. The van der Waals surface area contributed by atoms with Crippen LogP contribution in [-0.4, -0.2) is 65.0 Å². The second kappa shape index (κ2) is 7.20. The van der Waals surface area contributed by atoms with Gasteiger partial charge in [0, 0.05) is 19.6 Å². The maximum absolute atomic E-state index is 11.9. The van der Waals surface area contributed by atoms with Gasteiger partial charge in [0.1, 0.15) is 18.7 Å². The average Bonchev–Trinajstić information content (AvgIpc) is 2.98. The highest BCUT2D eigenvalue weighted by molar-refractivity contribution is 5.79. The smallest absolute Gasteiger partial charge is 0.244 e. The summed E-state index contributed by atoms with van der Waals surface area (Å²) in [5.41, 5.74) is 0. The zero-order chi connectivity index (χ0) is 13.5. The molecule has 0 saturated carbocycles. The molecule has 1 fully saturated rings. The first kappa shape index (κ1) is 14.0. The van der Waals surface area contributed by atoms with Gasteiger partial charge in [-0.15, -0.1) is 0 Å². The van der Waals surface area contributed by atoms with Crippen molar-refractivity contribution in [3.63, 3.8) is 0 Å². The SMILES string of the molecule is C[C@@H](C(=O)NCCCN1CCOCC1)n1cncn1. The lowest BCUT2D eigenvalue weighted by Crippen LogP contribution is -2.38. The fraction of sp³-hybridized carbons (Fsp3) is 0.750. The molecule has 0 bridgehead atoms. The summed E-state index contributed by atoms with van der Waals surface area (Å²) in [4.78, 5) is 18.1. The molecule has 0 aromatic carbocycles. The molecule has 2 heterocycles. The van der Waals surface area contributed by atoms with Crippen LogP contribution in [-0.2, 0) is 9.53 Å². The number of rotatable bonds is 6. The van der Waals surface area contributed by atoms with Crippen molar-refractivity contribution in [3.05, 3.63) is 12.7 Å². The van der Waals surface area contributed by atoms with Crippen LogP contribution in [0, 0.1) is 0 Å². The standard InChI is InChI=1S/C12H21N5O2/c1-11(17-10-13-9-15-17)12(18)14-3-2-4-16-5-7-19-8-6-16/h9-11H,2-8H2,1H3,(H,14,18)/t11-/m0/s1. The Bertz CT molecular complexity index is 375. The Kier molecular flexibility index (Phi) is 5.29. The highest BCUT2D eigenvalue weighted by atomic mass is 16.5. The van der Waals surface area contributed by atoms with Gasteiger partial charge >= 0.3 is 0 Å². The van der Waals surface area contributed by atoms with Crippen molar-refractivity contribution in [2.24, 2.45) is 0 Å². The Morgan fingerprint density at radius 3 is 2.95 bits per heavy atom. The number of carbonyl (C=O) groups excluding carboxylic acids is 1. The number of nitrogens with zero attached hydrogens (tertiary/aromatic N) is 4. The molecule has 1 saturated heterocycles. The number of amides is 1. The summed E-state index contributed by atoms with van der Waals surface area (Å²) in [6.07, 6.45) is 3.94. The van der Waals surface area contributed by atoms with Gasteiger partial charge in [-0.1, -0.05) is 0 Å². The monoisotopic (exact) mass is 267 g/mol. The van der Waals surface area contributed by atoms with Crippen molar-refractivity contribution in [1.29, 1.82) is 0 Å². The maximum atomic E-state index is 11.9. The van der Waals surface area contributed by atoms with Gasteiger partial charge in [-0.2, -0.15) is 5.10 Å². The predicted molar refractivity (Wildman–Crippen MR) is 69.6 cm³/mol. The van der Waals surface area contributed by atoms with Gasteiger partial charge in [-0.05, 0) is 19.9 Å². The van der Waals surface area contributed by atoms with Gasteiger partial charge in [-0.25, -0.2) is 9.67 Å². The molecule has 106 valence electrons. The third-order valence-electron chi connectivity index (χ3n) is 3.27. The van der Waals surface area contributed by atoms with E-state index in [1.54, 1.807) is 11.0 Å². The van der Waals surface area contributed by atoms with Gasteiger partial charge in [0.25, 0.3) is 0 Å². The van der Waals surface area contributed by atoms with E-state index in [1.165, 1.54) is 6.33 Å². The molecular formula is C12H21N5O2. The zero-order valence-corrected chi connectivity index (χ0v) is 11.3.